The maximum Gasteiger partial charge on any atom is 0.254 e. The maximum absolute atomic E-state index is 11.9. The standard InChI is InChI=1S/C26H26N6O2/c27-20(17-34-22-12-5-2-6-13-22)15-29-26-30-16-23(24(28)33)25(32-26)31-21-11-7-10-19(14-21)18-8-3-1-4-9-18/h1-14,16,20H,15,17,27H2,(H2,28,33)(H2,29,30,31,32). The molecule has 0 bridgehead atoms. The van der Waals surface area contributed by atoms with E-state index >= 15 is 0 Å². The Morgan fingerprint density at radius 1 is 0.941 bits per heavy atom. The molecule has 4 aromatic rings. The lowest BCUT2D eigenvalue weighted by molar-refractivity contribution is 0.100. The van der Waals surface area contributed by atoms with Crippen LogP contribution in [0.15, 0.2) is 91.1 Å². The molecule has 1 unspecified atom stereocenters. The minimum absolute atomic E-state index is 0.187. The Labute approximate surface area is 198 Å². The number of hydrogen-bond acceptors (Lipinski definition) is 7. The largest absolute Gasteiger partial charge is 0.492 e. The Morgan fingerprint density at radius 2 is 1.65 bits per heavy atom. The molecule has 34 heavy (non-hydrogen) atoms. The van der Waals surface area contributed by atoms with Crippen LogP contribution < -0.4 is 26.8 Å². The van der Waals surface area contributed by atoms with Gasteiger partial charge in [0.15, 0.2) is 0 Å². The molecule has 3 aromatic carbocycles. The van der Waals surface area contributed by atoms with Crippen molar-refractivity contribution in [3.05, 3.63) is 96.7 Å². The molecule has 4 rings (SSSR count). The normalized spacial score (nSPS) is 11.4. The van der Waals surface area contributed by atoms with Crippen molar-refractivity contribution >= 4 is 23.4 Å². The molecule has 0 aliphatic rings. The van der Waals surface area contributed by atoms with Crippen LogP contribution in [0.2, 0.25) is 0 Å². The van der Waals surface area contributed by atoms with Crippen LogP contribution in [0.25, 0.3) is 11.1 Å². The highest BCUT2D eigenvalue weighted by atomic mass is 16.5. The van der Waals surface area contributed by atoms with Gasteiger partial charge in [-0.05, 0) is 35.4 Å². The molecular weight excluding hydrogens is 428 g/mol. The van der Waals surface area contributed by atoms with Gasteiger partial charge in [-0.3, -0.25) is 4.79 Å². The van der Waals surface area contributed by atoms with Crippen LogP contribution >= 0.6 is 0 Å². The summed E-state index contributed by atoms with van der Waals surface area (Å²) in [5.41, 5.74) is 14.8. The Balaban J connectivity index is 1.44. The molecule has 172 valence electrons. The van der Waals surface area contributed by atoms with Crippen LogP contribution in [-0.2, 0) is 0 Å². The summed E-state index contributed by atoms with van der Waals surface area (Å²) in [7, 11) is 0. The number of benzene rings is 3. The molecule has 0 saturated carbocycles. The van der Waals surface area contributed by atoms with Crippen molar-refractivity contribution in [3.8, 4) is 16.9 Å². The number of nitrogens with two attached hydrogens (primary N) is 2. The predicted octanol–water partition coefficient (Wildman–Crippen LogP) is 3.80. The van der Waals surface area contributed by atoms with Gasteiger partial charge in [0, 0.05) is 18.4 Å². The molecule has 1 atom stereocenters. The minimum Gasteiger partial charge on any atom is -0.492 e. The number of carbonyl (C=O) groups is 1. The van der Waals surface area contributed by atoms with Crippen molar-refractivity contribution in [3.63, 3.8) is 0 Å². The Kier molecular flexibility index (Phi) is 7.32. The first-order chi connectivity index (χ1) is 16.6. The van der Waals surface area contributed by atoms with Gasteiger partial charge in [-0.1, -0.05) is 60.7 Å². The lowest BCUT2D eigenvalue weighted by atomic mass is 10.1. The van der Waals surface area contributed by atoms with E-state index in [9.17, 15) is 4.79 Å². The van der Waals surface area contributed by atoms with Gasteiger partial charge in [0.05, 0.1) is 6.04 Å². The first kappa shape index (κ1) is 22.8. The number of nitrogens with one attached hydrogen (secondary N) is 2. The molecule has 8 nitrogen and oxygen atoms in total. The van der Waals surface area contributed by atoms with Crippen LogP contribution in [0.4, 0.5) is 17.5 Å². The van der Waals surface area contributed by atoms with Crippen LogP contribution in [0.1, 0.15) is 10.4 Å². The van der Waals surface area contributed by atoms with Crippen molar-refractivity contribution in [2.75, 3.05) is 23.8 Å². The van der Waals surface area contributed by atoms with E-state index in [0.717, 1.165) is 22.6 Å². The molecular formula is C26H26N6O2. The van der Waals surface area contributed by atoms with Crippen LogP contribution in [0.5, 0.6) is 5.75 Å². The van der Waals surface area contributed by atoms with Crippen LogP contribution in [-0.4, -0.2) is 35.1 Å². The first-order valence-corrected chi connectivity index (χ1v) is 10.8. The molecule has 0 radical (unpaired) electrons. The topological polar surface area (TPSA) is 128 Å². The van der Waals surface area contributed by atoms with Crippen LogP contribution in [0.3, 0.4) is 0 Å². The molecule has 0 aliphatic carbocycles. The highest BCUT2D eigenvalue weighted by Crippen LogP contribution is 2.25. The molecule has 6 N–H and O–H groups in total. The predicted molar refractivity (Wildman–Crippen MR) is 134 cm³/mol. The second-order valence-electron chi connectivity index (χ2n) is 7.66. The van der Waals surface area contributed by atoms with E-state index in [4.69, 9.17) is 16.2 Å². The lowest BCUT2D eigenvalue weighted by Gasteiger charge is -2.15. The molecule has 8 heteroatoms. The molecule has 1 amide bonds. The molecule has 0 saturated heterocycles. The Bertz CT molecular complexity index is 1230. The summed E-state index contributed by atoms with van der Waals surface area (Å²) in [5, 5.41) is 6.28. The zero-order chi connectivity index (χ0) is 23.8. The summed E-state index contributed by atoms with van der Waals surface area (Å²) in [6.45, 7) is 0.708. The maximum atomic E-state index is 11.9. The summed E-state index contributed by atoms with van der Waals surface area (Å²) in [5.74, 6) is 0.761. The van der Waals surface area contributed by atoms with Gasteiger partial charge in [-0.15, -0.1) is 0 Å². The number of nitrogens with zero attached hydrogens (tertiary/aromatic N) is 2. The van der Waals surface area contributed by atoms with E-state index in [1.54, 1.807) is 0 Å². The third-order valence-electron chi connectivity index (χ3n) is 5.02. The monoisotopic (exact) mass is 454 g/mol. The van der Waals surface area contributed by atoms with Crippen molar-refractivity contribution in [2.45, 2.75) is 6.04 Å². The fraction of sp³-hybridized carbons (Fsp3) is 0.115. The number of ether oxygens (including phenoxy) is 1. The van der Waals surface area contributed by atoms with E-state index in [1.807, 2.05) is 84.9 Å². The summed E-state index contributed by atoms with van der Waals surface area (Å²) in [6.07, 6.45) is 1.40. The number of hydrogen-bond donors (Lipinski definition) is 4. The lowest BCUT2D eigenvalue weighted by Crippen LogP contribution is -2.35. The zero-order valence-corrected chi connectivity index (χ0v) is 18.5. The van der Waals surface area contributed by atoms with Crippen molar-refractivity contribution in [1.29, 1.82) is 0 Å². The summed E-state index contributed by atoms with van der Waals surface area (Å²) in [4.78, 5) is 20.6. The van der Waals surface area contributed by atoms with E-state index in [1.165, 1.54) is 6.20 Å². The second kappa shape index (κ2) is 10.9. The van der Waals surface area contributed by atoms with Crippen LogP contribution in [0, 0.1) is 0 Å². The highest BCUT2D eigenvalue weighted by molar-refractivity contribution is 5.98. The van der Waals surface area contributed by atoms with E-state index < -0.39 is 5.91 Å². The third kappa shape index (κ3) is 6.08. The number of rotatable bonds is 10. The van der Waals surface area contributed by atoms with Gasteiger partial charge >= 0.3 is 0 Å². The number of carbonyl (C=O) groups excluding carboxylic acids is 1. The fourth-order valence-electron chi connectivity index (χ4n) is 3.29. The molecule has 0 fully saturated rings. The van der Waals surface area contributed by atoms with Crippen molar-refractivity contribution < 1.29 is 9.53 Å². The average Bonchev–Trinajstić information content (AvgIpc) is 2.87. The molecule has 0 spiro atoms. The molecule has 1 heterocycles. The van der Waals surface area contributed by atoms with Gasteiger partial charge in [-0.2, -0.15) is 4.98 Å². The third-order valence-corrected chi connectivity index (χ3v) is 5.02. The minimum atomic E-state index is -0.624. The highest BCUT2D eigenvalue weighted by Gasteiger charge is 2.14. The number of para-hydroxylation sites is 1. The average molecular weight is 455 g/mol. The number of aromatic nitrogens is 2. The van der Waals surface area contributed by atoms with Gasteiger partial charge in [0.2, 0.25) is 5.95 Å². The first-order valence-electron chi connectivity index (χ1n) is 10.8. The van der Waals surface area contributed by atoms with Gasteiger partial charge in [-0.25, -0.2) is 4.98 Å². The molecule has 1 aromatic heterocycles. The van der Waals surface area contributed by atoms with Crippen molar-refractivity contribution in [2.24, 2.45) is 11.5 Å². The zero-order valence-electron chi connectivity index (χ0n) is 18.5. The van der Waals surface area contributed by atoms with Gasteiger partial charge in [0.25, 0.3) is 5.91 Å². The number of primary amides is 1. The summed E-state index contributed by atoms with van der Waals surface area (Å²) >= 11 is 0. The summed E-state index contributed by atoms with van der Waals surface area (Å²) < 4.78 is 5.68. The second-order valence-corrected chi connectivity index (χ2v) is 7.66. The molecule has 0 aliphatic heterocycles. The Morgan fingerprint density at radius 3 is 2.38 bits per heavy atom. The van der Waals surface area contributed by atoms with E-state index in [-0.39, 0.29) is 11.6 Å². The van der Waals surface area contributed by atoms with E-state index in [0.29, 0.717) is 24.9 Å². The number of anilines is 3. The smallest absolute Gasteiger partial charge is 0.254 e. The van der Waals surface area contributed by atoms with Crippen molar-refractivity contribution in [1.82, 2.24) is 9.97 Å². The summed E-state index contributed by atoms with van der Waals surface area (Å²) in [6, 6.07) is 27.0. The number of amides is 1. The Hall–Kier alpha value is -4.43. The van der Waals surface area contributed by atoms with Gasteiger partial charge in [0.1, 0.15) is 23.7 Å². The SMILES string of the molecule is NC(=O)c1cnc(NCC(N)COc2ccccc2)nc1Nc1cccc(-c2ccccc2)c1. The quantitative estimate of drug-likeness (QED) is 0.287. The fourth-order valence-corrected chi connectivity index (χ4v) is 3.29. The van der Waals surface area contributed by atoms with E-state index in [2.05, 4.69) is 20.6 Å². The van der Waals surface area contributed by atoms with Gasteiger partial charge < -0.3 is 26.8 Å².